The quantitative estimate of drug-likeness (QED) is 0.294. The Labute approximate surface area is 274 Å². The maximum Gasteiger partial charge on any atom is 0.420 e. The lowest BCUT2D eigenvalue weighted by Gasteiger charge is -2.31. The van der Waals surface area contributed by atoms with Crippen molar-refractivity contribution in [2.75, 3.05) is 13.7 Å². The Balaban J connectivity index is 1.45. The van der Waals surface area contributed by atoms with Crippen LogP contribution >= 0.6 is 15.9 Å². The summed E-state index contributed by atoms with van der Waals surface area (Å²) in [5, 5.41) is 2.66. The summed E-state index contributed by atoms with van der Waals surface area (Å²) >= 11 is 3.30. The maximum absolute atomic E-state index is 15.8. The summed E-state index contributed by atoms with van der Waals surface area (Å²) < 4.78 is 44.1. The van der Waals surface area contributed by atoms with Crippen LogP contribution in [0.1, 0.15) is 76.9 Å². The van der Waals surface area contributed by atoms with Gasteiger partial charge in [0, 0.05) is 27.7 Å². The number of ether oxygens (including phenoxy) is 2. The number of nitrogens with one attached hydrogen (secondary N) is 1. The molecule has 46 heavy (non-hydrogen) atoms. The summed E-state index contributed by atoms with van der Waals surface area (Å²) in [6.45, 7) is 9.32. The molecule has 2 aromatic carbocycles. The first-order valence-corrected chi connectivity index (χ1v) is 16.1. The lowest BCUT2D eigenvalue weighted by molar-refractivity contribution is -0.135. The van der Waals surface area contributed by atoms with Gasteiger partial charge in [-0.15, -0.1) is 0 Å². The van der Waals surface area contributed by atoms with Crippen molar-refractivity contribution in [1.29, 1.82) is 0 Å². The number of hydrogen-bond acceptors (Lipinski definition) is 6. The van der Waals surface area contributed by atoms with E-state index >= 15 is 8.78 Å². The van der Waals surface area contributed by atoms with Crippen LogP contribution in [0.5, 0.6) is 0 Å². The molecule has 1 saturated heterocycles. The van der Waals surface area contributed by atoms with Crippen LogP contribution in [0.25, 0.3) is 22.4 Å². The monoisotopic (exact) mass is 698 g/mol. The Morgan fingerprint density at radius 2 is 1.72 bits per heavy atom. The number of methoxy groups -OCH3 is 1. The molecule has 2 atom stereocenters. The second kappa shape index (κ2) is 11.2. The van der Waals surface area contributed by atoms with E-state index in [1.807, 2.05) is 13.8 Å². The highest BCUT2D eigenvalue weighted by atomic mass is 79.9. The highest BCUT2D eigenvalue weighted by Crippen LogP contribution is 2.59. The molecule has 1 aliphatic heterocycles. The summed E-state index contributed by atoms with van der Waals surface area (Å²) in [6.07, 6.45) is 2.43. The van der Waals surface area contributed by atoms with Crippen molar-refractivity contribution in [2.45, 2.75) is 77.5 Å². The zero-order chi connectivity index (χ0) is 33.3. The molecule has 2 fully saturated rings. The summed E-state index contributed by atoms with van der Waals surface area (Å²) in [6, 6.07) is 8.08. The minimum atomic E-state index is -3.25. The molecule has 1 spiro atoms. The fraction of sp³-hybridized carbons (Fsp3) is 0.471. The first kappa shape index (κ1) is 32.2. The van der Waals surface area contributed by atoms with Crippen molar-refractivity contribution < 1.29 is 32.6 Å². The first-order valence-electron chi connectivity index (χ1n) is 15.3. The van der Waals surface area contributed by atoms with Crippen LogP contribution in [-0.2, 0) is 20.2 Å². The predicted molar refractivity (Wildman–Crippen MR) is 170 cm³/mol. The van der Waals surface area contributed by atoms with Crippen molar-refractivity contribution >= 4 is 34.0 Å². The first-order chi connectivity index (χ1) is 21.5. The van der Waals surface area contributed by atoms with Gasteiger partial charge in [0.15, 0.2) is 0 Å². The summed E-state index contributed by atoms with van der Waals surface area (Å²) in [4.78, 5) is 46.5. The standard InChI is InChI=1S/C34H37BrF2N4O5/c1-18(2)27(39-30(43)45-6)29(42)40-17-33(11-12-33)15-25(40)28-38-16-26(41(28)31(44)46-32(3,4)5)19-7-9-21-22-10-8-20(35)14-24(22)34(36,37)23(21)13-19/h7-10,13-14,16,18,25,27H,11-12,15,17H2,1-6H3,(H,39,43)/t25?,27-/m0/s1. The van der Waals surface area contributed by atoms with Crippen LogP contribution < -0.4 is 5.32 Å². The highest BCUT2D eigenvalue weighted by Gasteiger charge is 2.56. The van der Waals surface area contributed by atoms with Crippen LogP contribution in [0.2, 0.25) is 0 Å². The van der Waals surface area contributed by atoms with E-state index in [4.69, 9.17) is 9.47 Å². The third-order valence-electron chi connectivity index (χ3n) is 9.07. The zero-order valence-corrected chi connectivity index (χ0v) is 28.2. The van der Waals surface area contributed by atoms with E-state index < -0.39 is 35.8 Å². The van der Waals surface area contributed by atoms with Gasteiger partial charge in [-0.2, -0.15) is 8.78 Å². The maximum atomic E-state index is 15.8. The third kappa shape index (κ3) is 5.58. The number of nitrogens with zero attached hydrogens (tertiary/aromatic N) is 3. The topological polar surface area (TPSA) is 103 Å². The molecule has 244 valence electrons. The number of halogens is 3. The van der Waals surface area contributed by atoms with Gasteiger partial charge in [-0.1, -0.05) is 48.0 Å². The molecule has 1 N–H and O–H groups in total. The van der Waals surface area contributed by atoms with Gasteiger partial charge in [0.2, 0.25) is 5.91 Å². The molecular formula is C34H37BrF2N4O5. The number of amides is 2. The van der Waals surface area contributed by atoms with Gasteiger partial charge in [-0.05, 0) is 80.7 Å². The molecule has 1 saturated carbocycles. The number of rotatable bonds is 5. The Bertz CT molecular complexity index is 1740. The van der Waals surface area contributed by atoms with E-state index in [1.54, 1.807) is 49.9 Å². The Hall–Kier alpha value is -3.80. The number of benzene rings is 2. The Morgan fingerprint density at radius 1 is 1.07 bits per heavy atom. The van der Waals surface area contributed by atoms with Crippen LogP contribution in [0.4, 0.5) is 18.4 Å². The van der Waals surface area contributed by atoms with Crippen LogP contribution in [0.15, 0.2) is 47.1 Å². The summed E-state index contributed by atoms with van der Waals surface area (Å²) in [7, 11) is 1.24. The number of alkyl carbamates (subject to hydrolysis) is 1. The van der Waals surface area contributed by atoms with Gasteiger partial charge in [-0.3, -0.25) is 4.79 Å². The largest absolute Gasteiger partial charge is 0.453 e. The van der Waals surface area contributed by atoms with Crippen molar-refractivity contribution in [3.8, 4) is 22.4 Å². The average molecular weight is 700 g/mol. The molecule has 2 aliphatic carbocycles. The number of aromatic nitrogens is 2. The highest BCUT2D eigenvalue weighted by molar-refractivity contribution is 9.10. The van der Waals surface area contributed by atoms with Crippen molar-refractivity contribution in [3.63, 3.8) is 0 Å². The molecule has 3 aromatic rings. The fourth-order valence-electron chi connectivity index (χ4n) is 6.59. The number of hydrogen-bond donors (Lipinski definition) is 1. The number of alkyl halides is 2. The van der Waals surface area contributed by atoms with E-state index in [0.29, 0.717) is 34.1 Å². The minimum absolute atomic E-state index is 0.0922. The molecule has 6 rings (SSSR count). The van der Waals surface area contributed by atoms with Crippen molar-refractivity contribution in [1.82, 2.24) is 19.8 Å². The number of fused-ring (bicyclic) bond motifs is 3. The normalized spacial score (nSPS) is 19.5. The van der Waals surface area contributed by atoms with E-state index in [1.165, 1.54) is 30.0 Å². The summed E-state index contributed by atoms with van der Waals surface area (Å²) in [5.74, 6) is -3.53. The van der Waals surface area contributed by atoms with Crippen LogP contribution in [-0.4, -0.2) is 57.8 Å². The van der Waals surface area contributed by atoms with Crippen LogP contribution in [0, 0.1) is 11.3 Å². The zero-order valence-electron chi connectivity index (χ0n) is 26.6. The SMILES string of the molecule is COC(=O)N[C@H](C(=O)N1CC2(CC2)CC1c1ncc(-c2ccc3c(c2)C(F)(F)c2cc(Br)ccc2-3)n1C(=O)OC(C)(C)C)C(C)C. The minimum Gasteiger partial charge on any atom is -0.453 e. The predicted octanol–water partition coefficient (Wildman–Crippen LogP) is 7.65. The van der Waals surface area contributed by atoms with Crippen LogP contribution in [0.3, 0.4) is 0 Å². The van der Waals surface area contributed by atoms with Gasteiger partial charge < -0.3 is 19.7 Å². The molecule has 0 radical (unpaired) electrons. The van der Waals surface area contributed by atoms with Gasteiger partial charge in [0.05, 0.1) is 25.0 Å². The molecule has 3 aliphatic rings. The molecule has 0 bridgehead atoms. The molecule has 2 amide bonds. The molecule has 2 heterocycles. The smallest absolute Gasteiger partial charge is 0.420 e. The van der Waals surface area contributed by atoms with Gasteiger partial charge in [-0.25, -0.2) is 19.1 Å². The molecule has 1 aromatic heterocycles. The van der Waals surface area contributed by atoms with E-state index in [-0.39, 0.29) is 39.9 Å². The summed E-state index contributed by atoms with van der Waals surface area (Å²) in [5.41, 5.74) is 0.258. The lowest BCUT2D eigenvalue weighted by atomic mass is 10.0. The Kier molecular flexibility index (Phi) is 7.81. The fourth-order valence-corrected chi connectivity index (χ4v) is 6.96. The second-order valence-electron chi connectivity index (χ2n) is 13.9. The molecular weight excluding hydrogens is 662 g/mol. The lowest BCUT2D eigenvalue weighted by Crippen LogP contribution is -2.51. The van der Waals surface area contributed by atoms with Gasteiger partial charge in [0.1, 0.15) is 17.5 Å². The van der Waals surface area contributed by atoms with E-state index in [2.05, 4.69) is 26.2 Å². The average Bonchev–Trinajstić information content (AvgIpc) is 3.33. The van der Waals surface area contributed by atoms with Crippen molar-refractivity contribution in [3.05, 3.63) is 64.0 Å². The van der Waals surface area contributed by atoms with E-state index in [9.17, 15) is 14.4 Å². The third-order valence-corrected chi connectivity index (χ3v) is 9.56. The van der Waals surface area contributed by atoms with Gasteiger partial charge in [0.25, 0.3) is 5.92 Å². The Morgan fingerprint density at radius 3 is 2.33 bits per heavy atom. The number of likely N-dealkylation sites (tertiary alicyclic amines) is 1. The molecule has 9 nitrogen and oxygen atoms in total. The van der Waals surface area contributed by atoms with E-state index in [0.717, 1.165) is 12.8 Å². The number of imidazole rings is 1. The number of carbonyl (C=O) groups excluding carboxylic acids is 3. The second-order valence-corrected chi connectivity index (χ2v) is 14.8. The van der Waals surface area contributed by atoms with Gasteiger partial charge >= 0.3 is 12.2 Å². The molecule has 12 heteroatoms. The van der Waals surface area contributed by atoms with Crippen molar-refractivity contribution in [2.24, 2.45) is 11.3 Å². The number of carbonyl (C=O) groups is 3. The molecule has 1 unspecified atom stereocenters.